The number of benzene rings is 1. The second kappa shape index (κ2) is 6.37. The number of amides is 2. The van der Waals surface area contributed by atoms with E-state index in [1.807, 2.05) is 0 Å². The summed E-state index contributed by atoms with van der Waals surface area (Å²) in [4.78, 5) is 51.0. The number of esters is 1. The Labute approximate surface area is 170 Å². The normalized spacial score (nSPS) is 34.2. The lowest BCUT2D eigenvalue weighted by Crippen LogP contribution is -2.40. The summed E-state index contributed by atoms with van der Waals surface area (Å²) in [6.07, 6.45) is 5.27. The molecule has 6 rings (SSSR count). The zero-order valence-corrected chi connectivity index (χ0v) is 16.5. The number of likely N-dealkylation sites (tertiary alicyclic amines) is 1. The van der Waals surface area contributed by atoms with Crippen molar-refractivity contribution in [3.8, 4) is 0 Å². The van der Waals surface area contributed by atoms with Crippen molar-refractivity contribution in [2.45, 2.75) is 6.42 Å². The molecular weight excluding hydrogens is 426 g/mol. The van der Waals surface area contributed by atoms with Gasteiger partial charge < -0.3 is 4.74 Å². The molecule has 3 fully saturated rings. The standard InChI is InChI=1S/C21H18BrNO5/c22-11-3-1-10(2-4-11)16(24)9-28-17(25)8-23-20(26)18-12-5-6-13(15-7-14(12)15)19(18)21(23)27/h1-6,12-15,18-19H,7-9H2/t12-,13+,14-,15-,18+,19-/m1/s1. The van der Waals surface area contributed by atoms with E-state index in [0.29, 0.717) is 17.4 Å². The largest absolute Gasteiger partial charge is 0.456 e. The van der Waals surface area contributed by atoms with E-state index in [4.69, 9.17) is 4.74 Å². The van der Waals surface area contributed by atoms with Crippen LogP contribution in [-0.4, -0.2) is 41.6 Å². The molecule has 4 aliphatic carbocycles. The maximum absolute atomic E-state index is 12.8. The topological polar surface area (TPSA) is 80.8 Å². The van der Waals surface area contributed by atoms with Crippen LogP contribution in [0.5, 0.6) is 0 Å². The molecule has 0 unspecified atom stereocenters. The Hall–Kier alpha value is -2.28. The summed E-state index contributed by atoms with van der Waals surface area (Å²) in [5.74, 6) is -0.995. The molecule has 28 heavy (non-hydrogen) atoms. The molecule has 1 aromatic carbocycles. The van der Waals surface area contributed by atoms with Crippen LogP contribution in [0.1, 0.15) is 16.8 Å². The fourth-order valence-corrected chi connectivity index (χ4v) is 5.48. The molecule has 2 amide bonds. The SMILES string of the molecule is O=C(CN1C(=O)[C@@H]2[C@H]3C=C[C@H]([C@H]4C[C@H]34)[C@@H]2C1=O)OCC(=O)c1ccc(Br)cc1. The van der Waals surface area contributed by atoms with Gasteiger partial charge >= 0.3 is 5.97 Å². The Morgan fingerprint density at radius 3 is 2.14 bits per heavy atom. The molecule has 0 spiro atoms. The van der Waals surface area contributed by atoms with Crippen molar-refractivity contribution in [2.24, 2.45) is 35.5 Å². The Kier molecular flexibility index (Phi) is 4.05. The summed E-state index contributed by atoms with van der Waals surface area (Å²) in [5, 5.41) is 0. The lowest BCUT2D eigenvalue weighted by Gasteiger charge is -2.37. The van der Waals surface area contributed by atoms with E-state index >= 15 is 0 Å². The number of Topliss-reactive ketones (excluding diaryl/α,β-unsaturated/α-hetero) is 1. The number of carbonyl (C=O) groups excluding carboxylic acids is 4. The van der Waals surface area contributed by atoms with Crippen LogP contribution in [0.3, 0.4) is 0 Å². The maximum atomic E-state index is 12.8. The Morgan fingerprint density at radius 2 is 1.57 bits per heavy atom. The summed E-state index contributed by atoms with van der Waals surface area (Å²) in [6.45, 7) is -0.840. The Bertz CT molecular complexity index is 887. The summed E-state index contributed by atoms with van der Waals surface area (Å²) in [7, 11) is 0. The van der Waals surface area contributed by atoms with Crippen LogP contribution in [0.25, 0.3) is 0 Å². The molecule has 2 bridgehead atoms. The van der Waals surface area contributed by atoms with E-state index in [-0.39, 0.29) is 41.3 Å². The molecule has 1 aliphatic heterocycles. The van der Waals surface area contributed by atoms with E-state index in [1.54, 1.807) is 24.3 Å². The van der Waals surface area contributed by atoms with Crippen LogP contribution in [0.2, 0.25) is 0 Å². The molecule has 5 aliphatic rings. The average Bonchev–Trinajstić information content (AvgIpc) is 3.48. The van der Waals surface area contributed by atoms with Gasteiger partial charge in [0.1, 0.15) is 6.54 Å². The van der Waals surface area contributed by atoms with Crippen LogP contribution >= 0.6 is 15.9 Å². The summed E-state index contributed by atoms with van der Waals surface area (Å²) in [6, 6.07) is 6.72. The van der Waals surface area contributed by atoms with Crippen molar-refractivity contribution in [2.75, 3.05) is 13.2 Å². The van der Waals surface area contributed by atoms with Gasteiger partial charge in [0, 0.05) is 10.0 Å². The van der Waals surface area contributed by atoms with E-state index in [9.17, 15) is 19.2 Å². The molecule has 0 aromatic heterocycles. The highest BCUT2D eigenvalue weighted by atomic mass is 79.9. The minimum atomic E-state index is -0.740. The van der Waals surface area contributed by atoms with Crippen molar-refractivity contribution < 1.29 is 23.9 Å². The molecule has 1 aromatic rings. The minimum Gasteiger partial charge on any atom is -0.456 e. The van der Waals surface area contributed by atoms with Crippen molar-refractivity contribution in [3.05, 3.63) is 46.5 Å². The number of nitrogens with zero attached hydrogens (tertiary/aromatic N) is 1. The van der Waals surface area contributed by atoms with Crippen molar-refractivity contribution in [1.82, 2.24) is 4.90 Å². The highest BCUT2D eigenvalue weighted by molar-refractivity contribution is 9.10. The van der Waals surface area contributed by atoms with Gasteiger partial charge in [0.2, 0.25) is 11.8 Å². The quantitative estimate of drug-likeness (QED) is 0.301. The lowest BCUT2D eigenvalue weighted by atomic mass is 9.63. The van der Waals surface area contributed by atoms with Gasteiger partial charge in [-0.05, 0) is 42.2 Å². The van der Waals surface area contributed by atoms with E-state index < -0.39 is 19.1 Å². The number of allylic oxidation sites excluding steroid dienone is 2. The van der Waals surface area contributed by atoms with Gasteiger partial charge in [0.15, 0.2) is 12.4 Å². The molecule has 1 saturated heterocycles. The molecule has 0 radical (unpaired) electrons. The van der Waals surface area contributed by atoms with Crippen LogP contribution in [0.4, 0.5) is 0 Å². The van der Waals surface area contributed by atoms with Crippen LogP contribution in [0, 0.1) is 35.5 Å². The van der Waals surface area contributed by atoms with Crippen LogP contribution in [0.15, 0.2) is 40.9 Å². The van der Waals surface area contributed by atoms with Crippen molar-refractivity contribution in [1.29, 1.82) is 0 Å². The molecule has 1 heterocycles. The monoisotopic (exact) mass is 443 g/mol. The molecule has 7 heteroatoms. The molecular formula is C21H18BrNO5. The molecule has 6 atom stereocenters. The molecule has 0 N–H and O–H groups in total. The number of rotatable bonds is 5. The molecule has 144 valence electrons. The zero-order chi connectivity index (χ0) is 19.6. The van der Waals surface area contributed by atoms with Gasteiger partial charge in [-0.3, -0.25) is 24.1 Å². The third-order valence-corrected chi connectivity index (χ3v) is 7.10. The van der Waals surface area contributed by atoms with Crippen molar-refractivity contribution >= 4 is 39.5 Å². The fourth-order valence-electron chi connectivity index (χ4n) is 5.21. The number of ketones is 1. The summed E-state index contributed by atoms with van der Waals surface area (Å²) in [5.41, 5.74) is 0.428. The van der Waals surface area contributed by atoms with E-state index in [0.717, 1.165) is 15.8 Å². The number of imide groups is 1. The van der Waals surface area contributed by atoms with E-state index in [1.165, 1.54) is 0 Å². The summed E-state index contributed by atoms with van der Waals surface area (Å²) >= 11 is 3.29. The first-order chi connectivity index (χ1) is 13.5. The van der Waals surface area contributed by atoms with Crippen LogP contribution in [-0.2, 0) is 19.1 Å². The highest BCUT2D eigenvalue weighted by Crippen LogP contribution is 2.65. The zero-order valence-electron chi connectivity index (χ0n) is 14.9. The average molecular weight is 444 g/mol. The maximum Gasteiger partial charge on any atom is 0.326 e. The first-order valence-electron chi connectivity index (χ1n) is 9.43. The van der Waals surface area contributed by atoms with Gasteiger partial charge in [-0.25, -0.2) is 0 Å². The third kappa shape index (κ3) is 2.67. The lowest BCUT2D eigenvalue weighted by molar-refractivity contribution is -0.152. The predicted octanol–water partition coefficient (Wildman–Crippen LogP) is 2.23. The number of carbonyl (C=O) groups is 4. The van der Waals surface area contributed by atoms with Gasteiger partial charge in [-0.1, -0.05) is 40.2 Å². The Morgan fingerprint density at radius 1 is 1.00 bits per heavy atom. The van der Waals surface area contributed by atoms with E-state index in [2.05, 4.69) is 28.1 Å². The van der Waals surface area contributed by atoms with Crippen molar-refractivity contribution in [3.63, 3.8) is 0 Å². The molecule has 2 saturated carbocycles. The second-order valence-corrected chi connectivity index (χ2v) is 8.92. The smallest absolute Gasteiger partial charge is 0.326 e. The predicted molar refractivity (Wildman–Crippen MR) is 101 cm³/mol. The fraction of sp³-hybridized carbons (Fsp3) is 0.429. The first kappa shape index (κ1) is 17.8. The second-order valence-electron chi connectivity index (χ2n) is 8.01. The number of ether oxygens (including phenoxy) is 1. The summed E-state index contributed by atoms with van der Waals surface area (Å²) < 4.78 is 5.88. The minimum absolute atomic E-state index is 0.122. The number of hydrogen-bond donors (Lipinski definition) is 0. The van der Waals surface area contributed by atoms with Gasteiger partial charge in [-0.2, -0.15) is 0 Å². The molecule has 6 nitrogen and oxygen atoms in total. The van der Waals surface area contributed by atoms with Gasteiger partial charge in [0.05, 0.1) is 11.8 Å². The highest BCUT2D eigenvalue weighted by Gasteiger charge is 2.67. The third-order valence-electron chi connectivity index (χ3n) is 6.57. The van der Waals surface area contributed by atoms with Crippen LogP contribution < -0.4 is 0 Å². The number of hydrogen-bond acceptors (Lipinski definition) is 5. The first-order valence-corrected chi connectivity index (χ1v) is 10.2. The Balaban J connectivity index is 1.21. The number of halogens is 1. The van der Waals surface area contributed by atoms with Gasteiger partial charge in [0.25, 0.3) is 0 Å². The van der Waals surface area contributed by atoms with Gasteiger partial charge in [-0.15, -0.1) is 0 Å².